The average molecular weight is 197 g/mol. The molecule has 80 valence electrons. The molecule has 0 spiro atoms. The maximum Gasteiger partial charge on any atom is 0.155 e. The molecule has 3 nitrogen and oxygen atoms in total. The maximum atomic E-state index is 10.4. The first-order chi connectivity index (χ1) is 6.79. The van der Waals surface area contributed by atoms with E-state index >= 15 is 0 Å². The van der Waals surface area contributed by atoms with Crippen LogP contribution in [0.5, 0.6) is 0 Å². The molecule has 2 aliphatic rings. The lowest BCUT2D eigenvalue weighted by molar-refractivity contribution is -0.114. The highest BCUT2D eigenvalue weighted by Gasteiger charge is 2.06. The zero-order valence-corrected chi connectivity index (χ0v) is 8.54. The van der Waals surface area contributed by atoms with Gasteiger partial charge in [0.2, 0.25) is 0 Å². The molecule has 1 aliphatic carbocycles. The summed E-state index contributed by atoms with van der Waals surface area (Å²) in [6.07, 6.45) is 9.62. The number of hydrogen-bond donors (Lipinski definition) is 2. The Balaban J connectivity index is 0.000000140. The molecular weight excluding hydrogens is 178 g/mol. The number of aliphatic hydroxyl groups is 1. The average Bonchev–Trinajstić information content (AvgIpc) is 2.21. The van der Waals surface area contributed by atoms with Crippen LogP contribution < -0.4 is 5.32 Å². The quantitative estimate of drug-likeness (QED) is 0.616. The Morgan fingerprint density at radius 1 is 1.36 bits per heavy atom. The molecule has 0 amide bonds. The fraction of sp³-hybridized carbons (Fsp3) is 0.727. The summed E-state index contributed by atoms with van der Waals surface area (Å²) >= 11 is 0. The topological polar surface area (TPSA) is 49.3 Å². The molecule has 1 aliphatic heterocycles. The molecule has 1 fully saturated rings. The second-order valence-corrected chi connectivity index (χ2v) is 3.73. The van der Waals surface area contributed by atoms with E-state index in [1.165, 1.54) is 12.8 Å². The molecule has 1 unspecified atom stereocenters. The summed E-state index contributed by atoms with van der Waals surface area (Å²) in [6.45, 7) is 0.987. The maximum absolute atomic E-state index is 10.4. The van der Waals surface area contributed by atoms with Gasteiger partial charge < -0.3 is 5.11 Å². The highest BCUT2D eigenvalue weighted by molar-refractivity contribution is 5.90. The molecule has 2 rings (SSSR count). The lowest BCUT2D eigenvalue weighted by Gasteiger charge is -2.17. The first-order valence-corrected chi connectivity index (χ1v) is 5.40. The molecule has 0 aromatic heterocycles. The summed E-state index contributed by atoms with van der Waals surface area (Å²) in [5.74, 6) is 0.284. The van der Waals surface area contributed by atoms with E-state index in [2.05, 4.69) is 5.32 Å². The van der Waals surface area contributed by atoms with Gasteiger partial charge in [-0.05, 0) is 44.7 Å². The van der Waals surface area contributed by atoms with Crippen molar-refractivity contribution in [2.24, 2.45) is 0 Å². The van der Waals surface area contributed by atoms with Crippen molar-refractivity contribution >= 4 is 5.78 Å². The van der Waals surface area contributed by atoms with E-state index in [-0.39, 0.29) is 12.0 Å². The van der Waals surface area contributed by atoms with E-state index in [1.807, 2.05) is 6.08 Å². The third-order valence-electron chi connectivity index (χ3n) is 2.38. The van der Waals surface area contributed by atoms with Crippen LogP contribution in [0.4, 0.5) is 0 Å². The van der Waals surface area contributed by atoms with Gasteiger partial charge in [0.15, 0.2) is 5.78 Å². The van der Waals surface area contributed by atoms with Crippen molar-refractivity contribution in [1.29, 1.82) is 0 Å². The first-order valence-electron chi connectivity index (χ1n) is 5.40. The van der Waals surface area contributed by atoms with E-state index in [4.69, 9.17) is 5.11 Å². The number of carbonyl (C=O) groups is 1. The Labute approximate surface area is 85.2 Å². The monoisotopic (exact) mass is 197 g/mol. The minimum atomic E-state index is -0.214. The van der Waals surface area contributed by atoms with Crippen LogP contribution in [-0.4, -0.2) is 23.7 Å². The van der Waals surface area contributed by atoms with E-state index in [0.717, 1.165) is 32.2 Å². The second-order valence-electron chi connectivity index (χ2n) is 3.73. The molecule has 0 radical (unpaired) electrons. The second kappa shape index (κ2) is 6.74. The summed E-state index contributed by atoms with van der Waals surface area (Å²) in [4.78, 5) is 10.4. The SMILES string of the molecule is O=C1C=CCCC1.OC1CCCCN1. The van der Waals surface area contributed by atoms with Crippen LogP contribution in [0.15, 0.2) is 12.2 Å². The van der Waals surface area contributed by atoms with Gasteiger partial charge in [0.05, 0.1) is 0 Å². The van der Waals surface area contributed by atoms with Crippen molar-refractivity contribution in [3.63, 3.8) is 0 Å². The lowest BCUT2D eigenvalue weighted by atomic mass is 10.1. The third-order valence-corrected chi connectivity index (χ3v) is 2.38. The van der Waals surface area contributed by atoms with Crippen LogP contribution in [-0.2, 0) is 4.79 Å². The van der Waals surface area contributed by atoms with Crippen molar-refractivity contribution in [3.8, 4) is 0 Å². The first kappa shape index (κ1) is 11.4. The Bertz CT molecular complexity index is 195. The summed E-state index contributed by atoms with van der Waals surface area (Å²) in [5.41, 5.74) is 0. The fourth-order valence-corrected chi connectivity index (χ4v) is 1.53. The number of ketones is 1. The number of piperidine rings is 1. The summed E-state index contributed by atoms with van der Waals surface area (Å²) in [7, 11) is 0. The lowest BCUT2D eigenvalue weighted by Crippen LogP contribution is -2.33. The minimum absolute atomic E-state index is 0.214. The van der Waals surface area contributed by atoms with Crippen molar-refractivity contribution in [1.82, 2.24) is 5.32 Å². The number of nitrogens with one attached hydrogen (secondary N) is 1. The summed E-state index contributed by atoms with van der Waals surface area (Å²) in [5, 5.41) is 11.7. The van der Waals surface area contributed by atoms with Gasteiger partial charge in [-0.2, -0.15) is 0 Å². The van der Waals surface area contributed by atoms with Crippen LogP contribution >= 0.6 is 0 Å². The molecule has 0 bridgehead atoms. The Morgan fingerprint density at radius 3 is 2.50 bits per heavy atom. The van der Waals surface area contributed by atoms with Gasteiger partial charge in [-0.1, -0.05) is 6.08 Å². The molecule has 1 atom stereocenters. The van der Waals surface area contributed by atoms with Crippen LogP contribution in [0.3, 0.4) is 0 Å². The highest BCUT2D eigenvalue weighted by atomic mass is 16.3. The number of rotatable bonds is 0. The predicted octanol–water partition coefficient (Wildman–Crippen LogP) is 1.37. The van der Waals surface area contributed by atoms with Crippen LogP contribution in [0.25, 0.3) is 0 Å². The molecular formula is C11H19NO2. The van der Waals surface area contributed by atoms with Gasteiger partial charge in [-0.15, -0.1) is 0 Å². The number of hydrogen-bond acceptors (Lipinski definition) is 3. The van der Waals surface area contributed by atoms with Crippen molar-refractivity contribution in [3.05, 3.63) is 12.2 Å². The fourth-order valence-electron chi connectivity index (χ4n) is 1.53. The van der Waals surface area contributed by atoms with Crippen molar-refractivity contribution in [2.75, 3.05) is 6.54 Å². The Kier molecular flexibility index (Phi) is 5.49. The van der Waals surface area contributed by atoms with Crippen molar-refractivity contribution < 1.29 is 9.90 Å². The molecule has 0 aromatic carbocycles. The summed E-state index contributed by atoms with van der Waals surface area (Å²) in [6, 6.07) is 0. The van der Waals surface area contributed by atoms with E-state index in [9.17, 15) is 4.79 Å². The standard InChI is InChI=1S/C6H8O.C5H11NO/c7-6-4-2-1-3-5-6;7-5-3-1-2-4-6-5/h2,4H,1,3,5H2;5-7H,1-4H2. The van der Waals surface area contributed by atoms with Gasteiger partial charge in [0.1, 0.15) is 6.23 Å². The van der Waals surface area contributed by atoms with E-state index in [0.29, 0.717) is 0 Å². The highest BCUT2D eigenvalue weighted by Crippen LogP contribution is 2.04. The van der Waals surface area contributed by atoms with Gasteiger partial charge in [-0.25, -0.2) is 0 Å². The van der Waals surface area contributed by atoms with Crippen LogP contribution in [0.1, 0.15) is 38.5 Å². The Morgan fingerprint density at radius 2 is 2.21 bits per heavy atom. The minimum Gasteiger partial charge on any atom is -0.379 e. The van der Waals surface area contributed by atoms with Crippen LogP contribution in [0.2, 0.25) is 0 Å². The van der Waals surface area contributed by atoms with Gasteiger partial charge >= 0.3 is 0 Å². The number of allylic oxidation sites excluding steroid dienone is 2. The predicted molar refractivity (Wildman–Crippen MR) is 55.9 cm³/mol. The van der Waals surface area contributed by atoms with Gasteiger partial charge in [-0.3, -0.25) is 10.1 Å². The molecule has 1 saturated heterocycles. The molecule has 0 saturated carbocycles. The summed E-state index contributed by atoms with van der Waals surface area (Å²) < 4.78 is 0. The zero-order valence-electron chi connectivity index (χ0n) is 8.54. The molecule has 0 aromatic rings. The van der Waals surface area contributed by atoms with E-state index in [1.54, 1.807) is 6.08 Å². The zero-order chi connectivity index (χ0) is 10.2. The third kappa shape index (κ3) is 5.14. The van der Waals surface area contributed by atoms with Crippen LogP contribution in [0, 0.1) is 0 Å². The molecule has 14 heavy (non-hydrogen) atoms. The molecule has 2 N–H and O–H groups in total. The van der Waals surface area contributed by atoms with Gasteiger partial charge in [0.25, 0.3) is 0 Å². The molecule has 1 heterocycles. The smallest absolute Gasteiger partial charge is 0.155 e. The number of carbonyl (C=O) groups excluding carboxylic acids is 1. The van der Waals surface area contributed by atoms with Gasteiger partial charge in [0, 0.05) is 6.42 Å². The number of aliphatic hydroxyl groups excluding tert-OH is 1. The Hall–Kier alpha value is -0.670. The van der Waals surface area contributed by atoms with E-state index < -0.39 is 0 Å². The molecule has 3 heteroatoms. The normalized spacial score (nSPS) is 26.6. The largest absolute Gasteiger partial charge is 0.379 e. The van der Waals surface area contributed by atoms with Crippen molar-refractivity contribution in [2.45, 2.75) is 44.8 Å².